The zero-order valence-electron chi connectivity index (χ0n) is 8.44. The second-order valence-corrected chi connectivity index (χ2v) is 4.54. The Morgan fingerprint density at radius 3 is 2.53 bits per heavy atom. The van der Waals surface area contributed by atoms with E-state index in [4.69, 9.17) is 5.73 Å². The fraction of sp³-hybridized carbons (Fsp3) is 0.182. The third-order valence-corrected chi connectivity index (χ3v) is 2.95. The molecule has 0 bridgehead atoms. The number of nitrogens with two attached hydrogens (primary N) is 1. The van der Waals surface area contributed by atoms with Gasteiger partial charge in [0, 0.05) is 21.9 Å². The number of nitrogen functional groups attached to an aromatic ring is 1. The van der Waals surface area contributed by atoms with Crippen molar-refractivity contribution in [3.63, 3.8) is 0 Å². The Morgan fingerprint density at radius 2 is 2.00 bits per heavy atom. The van der Waals surface area contributed by atoms with Crippen LogP contribution in [0.2, 0.25) is 0 Å². The number of halogens is 1. The van der Waals surface area contributed by atoms with Crippen molar-refractivity contribution in [2.45, 2.75) is 13.5 Å². The third kappa shape index (κ3) is 2.14. The largest absolute Gasteiger partial charge is 0.396 e. The Balaban J connectivity index is 2.44. The van der Waals surface area contributed by atoms with Crippen LogP contribution in [-0.2, 0) is 6.54 Å². The number of anilines is 1. The molecular weight excluding hydrogens is 301 g/mol. The van der Waals surface area contributed by atoms with Crippen molar-refractivity contribution in [2.75, 3.05) is 5.73 Å². The van der Waals surface area contributed by atoms with Crippen LogP contribution in [0.5, 0.6) is 0 Å². The van der Waals surface area contributed by atoms with E-state index in [1.807, 2.05) is 29.9 Å². The van der Waals surface area contributed by atoms with Gasteiger partial charge in [0.2, 0.25) is 0 Å². The molecule has 0 saturated heterocycles. The van der Waals surface area contributed by atoms with Crippen molar-refractivity contribution in [2.24, 2.45) is 0 Å². The molecule has 0 atom stereocenters. The zero-order chi connectivity index (χ0) is 10.8. The Hall–Kier alpha value is -1.04. The summed E-state index contributed by atoms with van der Waals surface area (Å²) in [6.07, 6.45) is 1.87. The van der Waals surface area contributed by atoms with Crippen molar-refractivity contribution < 1.29 is 0 Å². The highest BCUT2D eigenvalue weighted by atomic mass is 127. The molecule has 4 heteroatoms. The molecule has 0 spiro atoms. The van der Waals surface area contributed by atoms with Gasteiger partial charge in [-0.1, -0.05) is 12.1 Å². The van der Waals surface area contributed by atoms with Gasteiger partial charge in [0.15, 0.2) is 0 Å². The Morgan fingerprint density at radius 1 is 1.33 bits per heavy atom. The highest BCUT2D eigenvalue weighted by molar-refractivity contribution is 14.1. The van der Waals surface area contributed by atoms with E-state index in [0.717, 1.165) is 23.5 Å². The van der Waals surface area contributed by atoms with Gasteiger partial charge >= 0.3 is 0 Å². The quantitative estimate of drug-likeness (QED) is 0.867. The van der Waals surface area contributed by atoms with Crippen LogP contribution in [-0.4, -0.2) is 9.78 Å². The number of aryl methyl sites for hydroxylation is 1. The average Bonchev–Trinajstić information content (AvgIpc) is 2.61. The summed E-state index contributed by atoms with van der Waals surface area (Å²) < 4.78 is 3.06. The topological polar surface area (TPSA) is 43.8 Å². The Labute approximate surface area is 102 Å². The molecule has 1 aromatic heterocycles. The monoisotopic (exact) mass is 313 g/mol. The van der Waals surface area contributed by atoms with Crippen LogP contribution >= 0.6 is 22.6 Å². The molecule has 0 saturated carbocycles. The molecule has 2 rings (SSSR count). The minimum atomic E-state index is 0.734. The maximum atomic E-state index is 5.90. The van der Waals surface area contributed by atoms with Crippen LogP contribution in [0.3, 0.4) is 0 Å². The van der Waals surface area contributed by atoms with E-state index >= 15 is 0 Å². The second kappa shape index (κ2) is 4.22. The van der Waals surface area contributed by atoms with Gasteiger partial charge in [-0.05, 0) is 41.6 Å². The van der Waals surface area contributed by atoms with E-state index in [1.165, 1.54) is 3.57 Å². The first kappa shape index (κ1) is 10.5. The molecule has 0 aliphatic rings. The number of rotatable bonds is 2. The summed E-state index contributed by atoms with van der Waals surface area (Å²) in [7, 11) is 0. The lowest BCUT2D eigenvalue weighted by atomic mass is 10.1. The lowest BCUT2D eigenvalue weighted by molar-refractivity contribution is 0.662. The van der Waals surface area contributed by atoms with Gasteiger partial charge in [0.1, 0.15) is 5.69 Å². The van der Waals surface area contributed by atoms with E-state index in [2.05, 4.69) is 39.8 Å². The van der Waals surface area contributed by atoms with E-state index in [9.17, 15) is 0 Å². The van der Waals surface area contributed by atoms with Gasteiger partial charge in [-0.15, -0.1) is 0 Å². The van der Waals surface area contributed by atoms with E-state index in [-0.39, 0.29) is 0 Å². The van der Waals surface area contributed by atoms with Gasteiger partial charge < -0.3 is 5.73 Å². The van der Waals surface area contributed by atoms with Crippen LogP contribution in [0.15, 0.2) is 30.5 Å². The number of aromatic nitrogens is 2. The summed E-state index contributed by atoms with van der Waals surface area (Å²) in [6, 6.07) is 8.20. The minimum Gasteiger partial charge on any atom is -0.396 e. The van der Waals surface area contributed by atoms with Crippen molar-refractivity contribution >= 4 is 28.3 Å². The van der Waals surface area contributed by atoms with Crippen molar-refractivity contribution in [1.82, 2.24) is 9.78 Å². The fourth-order valence-electron chi connectivity index (χ4n) is 1.43. The van der Waals surface area contributed by atoms with Crippen LogP contribution < -0.4 is 5.73 Å². The molecule has 0 aliphatic carbocycles. The molecule has 0 amide bonds. The van der Waals surface area contributed by atoms with E-state index < -0.39 is 0 Å². The summed E-state index contributed by atoms with van der Waals surface area (Å²) in [4.78, 5) is 0. The molecule has 15 heavy (non-hydrogen) atoms. The van der Waals surface area contributed by atoms with Crippen molar-refractivity contribution in [3.05, 3.63) is 34.0 Å². The normalized spacial score (nSPS) is 10.5. The number of nitrogens with zero attached hydrogens (tertiary/aromatic N) is 2. The molecule has 0 aliphatic heterocycles. The molecule has 1 aromatic carbocycles. The first-order valence-electron chi connectivity index (χ1n) is 4.79. The standard InChI is InChI=1S/C11H12IN3/c1-2-15-7-10(13)11(14-15)8-3-5-9(12)6-4-8/h3-7H,2,13H2,1H3. The number of hydrogen-bond donors (Lipinski definition) is 1. The summed E-state index contributed by atoms with van der Waals surface area (Å²) in [5, 5.41) is 4.42. The third-order valence-electron chi connectivity index (χ3n) is 2.23. The second-order valence-electron chi connectivity index (χ2n) is 3.30. The Kier molecular flexibility index (Phi) is 2.95. The van der Waals surface area contributed by atoms with Crippen LogP contribution in [0, 0.1) is 3.57 Å². The molecule has 78 valence electrons. The van der Waals surface area contributed by atoms with Crippen LogP contribution in [0.25, 0.3) is 11.3 Å². The molecule has 0 fully saturated rings. The highest BCUT2D eigenvalue weighted by Crippen LogP contribution is 2.24. The number of hydrogen-bond acceptors (Lipinski definition) is 2. The average molecular weight is 313 g/mol. The summed E-state index contributed by atoms with van der Waals surface area (Å²) >= 11 is 2.28. The fourth-order valence-corrected chi connectivity index (χ4v) is 1.79. The molecular formula is C11H12IN3. The van der Waals surface area contributed by atoms with Crippen molar-refractivity contribution in [3.8, 4) is 11.3 Å². The van der Waals surface area contributed by atoms with Gasteiger partial charge in [0.25, 0.3) is 0 Å². The van der Waals surface area contributed by atoms with Crippen LogP contribution in [0.4, 0.5) is 5.69 Å². The molecule has 1 heterocycles. The minimum absolute atomic E-state index is 0.734. The summed E-state index contributed by atoms with van der Waals surface area (Å²) in [5.74, 6) is 0. The smallest absolute Gasteiger partial charge is 0.115 e. The maximum absolute atomic E-state index is 5.90. The molecule has 0 radical (unpaired) electrons. The zero-order valence-corrected chi connectivity index (χ0v) is 10.6. The lowest BCUT2D eigenvalue weighted by Gasteiger charge is -1.98. The lowest BCUT2D eigenvalue weighted by Crippen LogP contribution is -1.93. The van der Waals surface area contributed by atoms with Gasteiger partial charge in [0.05, 0.1) is 5.69 Å². The molecule has 0 unspecified atom stereocenters. The van der Waals surface area contributed by atoms with Gasteiger partial charge in [-0.3, -0.25) is 4.68 Å². The maximum Gasteiger partial charge on any atom is 0.115 e. The highest BCUT2D eigenvalue weighted by Gasteiger charge is 2.07. The first-order chi connectivity index (χ1) is 7.20. The predicted molar refractivity (Wildman–Crippen MR) is 70.5 cm³/mol. The van der Waals surface area contributed by atoms with Crippen molar-refractivity contribution in [1.29, 1.82) is 0 Å². The van der Waals surface area contributed by atoms with Gasteiger partial charge in [-0.2, -0.15) is 5.10 Å². The Bertz CT molecular complexity index is 459. The summed E-state index contributed by atoms with van der Waals surface area (Å²) in [5.41, 5.74) is 8.57. The van der Waals surface area contributed by atoms with E-state index in [1.54, 1.807) is 0 Å². The summed E-state index contributed by atoms with van der Waals surface area (Å²) in [6.45, 7) is 2.89. The molecule has 2 N–H and O–H groups in total. The molecule has 2 aromatic rings. The predicted octanol–water partition coefficient (Wildman–Crippen LogP) is 2.76. The van der Waals surface area contributed by atoms with Crippen LogP contribution in [0.1, 0.15) is 6.92 Å². The number of benzene rings is 1. The molecule has 3 nitrogen and oxygen atoms in total. The first-order valence-corrected chi connectivity index (χ1v) is 5.87. The SMILES string of the molecule is CCn1cc(N)c(-c2ccc(I)cc2)n1. The van der Waals surface area contributed by atoms with Gasteiger partial charge in [-0.25, -0.2) is 0 Å². The van der Waals surface area contributed by atoms with E-state index in [0.29, 0.717) is 0 Å².